The van der Waals surface area contributed by atoms with Gasteiger partial charge in [0.25, 0.3) is 11.5 Å². The number of aryl methyl sites for hydroxylation is 2. The van der Waals surface area contributed by atoms with E-state index in [1.807, 2.05) is 79.9 Å². The first-order valence-corrected chi connectivity index (χ1v) is 10.9. The van der Waals surface area contributed by atoms with Crippen LogP contribution in [0.1, 0.15) is 28.0 Å². The van der Waals surface area contributed by atoms with Crippen molar-refractivity contribution in [2.45, 2.75) is 26.9 Å². The normalized spacial score (nSPS) is 10.8. The fourth-order valence-corrected chi connectivity index (χ4v) is 4.04. The van der Waals surface area contributed by atoms with Crippen LogP contribution in [0.2, 0.25) is 0 Å². The van der Waals surface area contributed by atoms with Gasteiger partial charge in [-0.2, -0.15) is 5.10 Å². The second-order valence-electron chi connectivity index (χ2n) is 6.99. The number of nitrogens with one attached hydrogen (secondary N) is 1. The molecule has 2 aromatic heterocycles. The molecule has 1 N–H and O–H groups in total. The van der Waals surface area contributed by atoms with Crippen molar-refractivity contribution in [3.8, 4) is 22.4 Å². The van der Waals surface area contributed by atoms with E-state index in [0.29, 0.717) is 17.8 Å². The van der Waals surface area contributed by atoms with Crippen LogP contribution in [0, 0.1) is 6.92 Å². The molecule has 2 aromatic carbocycles. The van der Waals surface area contributed by atoms with Crippen LogP contribution in [-0.4, -0.2) is 20.7 Å². The number of thiazole rings is 1. The van der Waals surface area contributed by atoms with E-state index in [4.69, 9.17) is 0 Å². The molecule has 156 valence electrons. The molecule has 7 heteroatoms. The van der Waals surface area contributed by atoms with Crippen molar-refractivity contribution in [1.82, 2.24) is 20.1 Å². The van der Waals surface area contributed by atoms with Crippen LogP contribution < -0.4 is 10.9 Å². The zero-order chi connectivity index (χ0) is 21.8. The fraction of sp³-hybridized carbons (Fsp3) is 0.167. The topological polar surface area (TPSA) is 76.9 Å². The number of hydrogen-bond donors (Lipinski definition) is 1. The molecule has 0 aliphatic carbocycles. The lowest BCUT2D eigenvalue weighted by atomic mass is 9.95. The molecule has 0 spiro atoms. The van der Waals surface area contributed by atoms with Gasteiger partial charge in [-0.25, -0.2) is 9.67 Å². The molecule has 6 nitrogen and oxygen atoms in total. The molecule has 0 radical (unpaired) electrons. The molecule has 0 atom stereocenters. The first-order valence-electron chi connectivity index (χ1n) is 10.0. The molecule has 0 saturated carbocycles. The Kier molecular flexibility index (Phi) is 6.04. The van der Waals surface area contributed by atoms with Gasteiger partial charge in [-0.05, 0) is 19.4 Å². The summed E-state index contributed by atoms with van der Waals surface area (Å²) in [5.74, 6) is -0.434. The Labute approximate surface area is 184 Å². The zero-order valence-corrected chi connectivity index (χ0v) is 18.1. The molecule has 0 saturated heterocycles. The van der Waals surface area contributed by atoms with Crippen LogP contribution in [0.25, 0.3) is 22.4 Å². The number of hydrogen-bond acceptors (Lipinski definition) is 5. The van der Waals surface area contributed by atoms with Gasteiger partial charge >= 0.3 is 0 Å². The van der Waals surface area contributed by atoms with Gasteiger partial charge in [0.1, 0.15) is 5.56 Å². The minimum atomic E-state index is -0.434. The molecule has 4 rings (SSSR count). The number of aromatic nitrogens is 3. The molecule has 31 heavy (non-hydrogen) atoms. The first kappa shape index (κ1) is 20.7. The highest BCUT2D eigenvalue weighted by Gasteiger charge is 2.24. The molecule has 0 fully saturated rings. The van der Waals surface area contributed by atoms with Crippen molar-refractivity contribution in [2.75, 3.05) is 0 Å². The summed E-state index contributed by atoms with van der Waals surface area (Å²) in [6.45, 7) is 4.37. The molecule has 2 heterocycles. The Bertz CT molecular complexity index is 1260. The summed E-state index contributed by atoms with van der Waals surface area (Å²) in [7, 11) is 0. The number of nitrogens with zero attached hydrogens (tertiary/aromatic N) is 3. The highest BCUT2D eigenvalue weighted by atomic mass is 32.1. The van der Waals surface area contributed by atoms with E-state index in [-0.39, 0.29) is 12.1 Å². The number of benzene rings is 2. The predicted molar refractivity (Wildman–Crippen MR) is 123 cm³/mol. The van der Waals surface area contributed by atoms with E-state index < -0.39 is 11.5 Å². The second-order valence-corrected chi connectivity index (χ2v) is 8.05. The number of rotatable bonds is 6. The zero-order valence-electron chi connectivity index (χ0n) is 17.3. The van der Waals surface area contributed by atoms with Crippen LogP contribution >= 0.6 is 11.3 Å². The van der Waals surface area contributed by atoms with Gasteiger partial charge in [0.15, 0.2) is 0 Å². The Morgan fingerprint density at radius 3 is 2.26 bits per heavy atom. The van der Waals surface area contributed by atoms with Crippen molar-refractivity contribution in [3.63, 3.8) is 0 Å². The molecule has 0 unspecified atom stereocenters. The van der Waals surface area contributed by atoms with Crippen LogP contribution in [0.15, 0.2) is 70.8 Å². The van der Waals surface area contributed by atoms with E-state index in [2.05, 4.69) is 15.4 Å². The van der Waals surface area contributed by atoms with Crippen LogP contribution in [0.4, 0.5) is 0 Å². The Hall–Kier alpha value is -3.58. The summed E-state index contributed by atoms with van der Waals surface area (Å²) in [6, 6.07) is 19.1. The van der Waals surface area contributed by atoms with Crippen LogP contribution in [-0.2, 0) is 13.1 Å². The van der Waals surface area contributed by atoms with E-state index in [1.54, 1.807) is 0 Å². The summed E-state index contributed by atoms with van der Waals surface area (Å²) in [5.41, 5.74) is 3.19. The third-order valence-corrected chi connectivity index (χ3v) is 5.71. The highest BCUT2D eigenvalue weighted by Crippen LogP contribution is 2.32. The molecule has 4 aromatic rings. The van der Waals surface area contributed by atoms with Crippen molar-refractivity contribution < 1.29 is 4.79 Å². The largest absolute Gasteiger partial charge is 0.346 e. The minimum absolute atomic E-state index is 0.0915. The Morgan fingerprint density at radius 2 is 1.68 bits per heavy atom. The average molecular weight is 431 g/mol. The van der Waals surface area contributed by atoms with Gasteiger partial charge in [-0.15, -0.1) is 11.3 Å². The van der Waals surface area contributed by atoms with Gasteiger partial charge in [0.05, 0.1) is 22.9 Å². The van der Waals surface area contributed by atoms with Gasteiger partial charge in [0.2, 0.25) is 0 Å². The maximum atomic E-state index is 13.3. The number of carbonyl (C=O) groups excluding carboxylic acids is 1. The first-order chi connectivity index (χ1) is 15.1. The number of amides is 1. The summed E-state index contributed by atoms with van der Waals surface area (Å²) < 4.78 is 1.34. The van der Waals surface area contributed by atoms with E-state index in [9.17, 15) is 9.59 Å². The van der Waals surface area contributed by atoms with Crippen LogP contribution in [0.5, 0.6) is 0 Å². The standard InChI is InChI=1S/C24H22N4O2S/c1-3-28-24(30)21(23(29)25-14-19-15-31-16(2)26-19)20(17-10-6-4-7-11-17)22(27-28)18-12-8-5-9-13-18/h4-13,15H,3,14H2,1-2H3,(H,25,29). The average Bonchev–Trinajstić information content (AvgIpc) is 3.23. The van der Waals surface area contributed by atoms with Gasteiger partial charge in [-0.1, -0.05) is 60.7 Å². The highest BCUT2D eigenvalue weighted by molar-refractivity contribution is 7.09. The summed E-state index contributed by atoms with van der Waals surface area (Å²) in [4.78, 5) is 31.0. The van der Waals surface area contributed by atoms with Crippen LogP contribution in [0.3, 0.4) is 0 Å². The lowest BCUT2D eigenvalue weighted by Crippen LogP contribution is -2.35. The Balaban J connectivity index is 1.89. The Morgan fingerprint density at radius 1 is 1.03 bits per heavy atom. The smallest absolute Gasteiger partial charge is 0.280 e. The van der Waals surface area contributed by atoms with Crippen molar-refractivity contribution in [3.05, 3.63) is 92.7 Å². The molecular formula is C24H22N4O2S. The second kappa shape index (κ2) is 9.06. The molecule has 0 bridgehead atoms. The molecule has 1 amide bonds. The van der Waals surface area contributed by atoms with Crippen molar-refractivity contribution in [2.24, 2.45) is 0 Å². The third kappa shape index (κ3) is 4.32. The molecular weight excluding hydrogens is 408 g/mol. The minimum Gasteiger partial charge on any atom is -0.346 e. The summed E-state index contributed by atoms with van der Waals surface area (Å²) >= 11 is 1.52. The summed E-state index contributed by atoms with van der Waals surface area (Å²) in [5, 5.41) is 10.3. The maximum absolute atomic E-state index is 13.3. The lowest BCUT2D eigenvalue weighted by molar-refractivity contribution is 0.0948. The summed E-state index contributed by atoms with van der Waals surface area (Å²) in [6.07, 6.45) is 0. The van der Waals surface area contributed by atoms with Crippen molar-refractivity contribution >= 4 is 17.2 Å². The SMILES string of the molecule is CCn1nc(-c2ccccc2)c(-c2ccccc2)c(C(=O)NCc2csc(C)n2)c1=O. The number of carbonyl (C=O) groups is 1. The predicted octanol–water partition coefficient (Wildman–Crippen LogP) is 4.29. The third-order valence-electron chi connectivity index (χ3n) is 4.89. The lowest BCUT2D eigenvalue weighted by Gasteiger charge is -2.16. The monoisotopic (exact) mass is 430 g/mol. The van der Waals surface area contributed by atoms with E-state index in [0.717, 1.165) is 21.8 Å². The van der Waals surface area contributed by atoms with Gasteiger partial charge in [0, 0.05) is 23.1 Å². The fourth-order valence-electron chi connectivity index (χ4n) is 3.43. The molecule has 0 aliphatic heterocycles. The van der Waals surface area contributed by atoms with E-state index in [1.165, 1.54) is 16.0 Å². The van der Waals surface area contributed by atoms with Crippen molar-refractivity contribution in [1.29, 1.82) is 0 Å². The van der Waals surface area contributed by atoms with Gasteiger partial charge < -0.3 is 5.32 Å². The van der Waals surface area contributed by atoms with E-state index >= 15 is 0 Å². The quantitative estimate of drug-likeness (QED) is 0.495. The van der Waals surface area contributed by atoms with Gasteiger partial charge in [-0.3, -0.25) is 9.59 Å². The maximum Gasteiger partial charge on any atom is 0.280 e. The molecule has 0 aliphatic rings.